The molecule has 3 aromatic rings. The predicted molar refractivity (Wildman–Crippen MR) is 135 cm³/mol. The second-order valence-electron chi connectivity index (χ2n) is 9.60. The van der Waals surface area contributed by atoms with Crippen molar-refractivity contribution in [3.63, 3.8) is 0 Å². The van der Waals surface area contributed by atoms with E-state index in [0.717, 1.165) is 35.8 Å². The number of nitriles is 1. The van der Waals surface area contributed by atoms with E-state index in [4.69, 9.17) is 5.26 Å². The van der Waals surface area contributed by atoms with Crippen LogP contribution in [0.15, 0.2) is 66.7 Å². The quantitative estimate of drug-likeness (QED) is 0.345. The van der Waals surface area contributed by atoms with Gasteiger partial charge in [0.1, 0.15) is 5.82 Å². The maximum Gasteiger partial charge on any atom is 0.131 e. The third-order valence-corrected chi connectivity index (χ3v) is 7.32. The highest BCUT2D eigenvalue weighted by Gasteiger charge is 2.21. The summed E-state index contributed by atoms with van der Waals surface area (Å²) in [5, 5.41) is 8.94. The summed E-state index contributed by atoms with van der Waals surface area (Å²) in [6.07, 6.45) is 11.3. The van der Waals surface area contributed by atoms with Crippen LogP contribution in [0.2, 0.25) is 0 Å². The highest BCUT2D eigenvalue weighted by atomic mass is 19.1. The van der Waals surface area contributed by atoms with Crippen LogP contribution in [0.5, 0.6) is 0 Å². The lowest BCUT2D eigenvalue weighted by molar-refractivity contribution is 0.304. The zero-order chi connectivity index (χ0) is 23.0. The summed E-state index contributed by atoms with van der Waals surface area (Å²) in [4.78, 5) is 0. The highest BCUT2D eigenvalue weighted by Crippen LogP contribution is 2.37. The molecule has 1 fully saturated rings. The SMILES string of the molecule is CCCCC1CCC(c2ccc(CCc3ccc(-c4ccc(C#N)cc4)c(F)c3)cc2)CC1. The third kappa shape index (κ3) is 6.11. The number of aryl methyl sites for hydroxylation is 2. The molecule has 4 rings (SSSR count). The number of unbranched alkanes of at least 4 members (excludes halogenated alkanes) is 1. The lowest BCUT2D eigenvalue weighted by Gasteiger charge is -2.29. The minimum absolute atomic E-state index is 0.206. The van der Waals surface area contributed by atoms with Gasteiger partial charge in [0.05, 0.1) is 11.6 Å². The molecule has 0 amide bonds. The fourth-order valence-electron chi connectivity index (χ4n) is 5.19. The average Bonchev–Trinajstić information content (AvgIpc) is 2.87. The second-order valence-corrected chi connectivity index (χ2v) is 9.60. The van der Waals surface area contributed by atoms with Gasteiger partial charge in [0.2, 0.25) is 0 Å². The van der Waals surface area contributed by atoms with E-state index in [-0.39, 0.29) is 5.82 Å². The van der Waals surface area contributed by atoms with E-state index in [1.54, 1.807) is 30.3 Å². The molecule has 1 nitrogen and oxygen atoms in total. The molecule has 0 spiro atoms. The monoisotopic (exact) mass is 439 g/mol. The van der Waals surface area contributed by atoms with Gasteiger partial charge >= 0.3 is 0 Å². The van der Waals surface area contributed by atoms with E-state index in [1.807, 2.05) is 12.1 Å². The molecule has 3 aromatic carbocycles. The van der Waals surface area contributed by atoms with Crippen LogP contribution in [-0.2, 0) is 12.8 Å². The molecular weight excluding hydrogens is 405 g/mol. The first-order valence-corrected chi connectivity index (χ1v) is 12.5. The van der Waals surface area contributed by atoms with Crippen LogP contribution in [0.1, 0.15) is 80.0 Å². The summed E-state index contributed by atoms with van der Waals surface area (Å²) in [5.74, 6) is 1.46. The summed E-state index contributed by atoms with van der Waals surface area (Å²) in [7, 11) is 0. The molecule has 170 valence electrons. The van der Waals surface area contributed by atoms with Gasteiger partial charge in [-0.15, -0.1) is 0 Å². The fraction of sp³-hybridized carbons (Fsp3) is 0.387. The molecule has 0 radical (unpaired) electrons. The molecule has 1 aliphatic rings. The number of hydrogen-bond donors (Lipinski definition) is 0. The van der Waals surface area contributed by atoms with E-state index in [0.29, 0.717) is 11.1 Å². The van der Waals surface area contributed by atoms with Crippen LogP contribution in [0, 0.1) is 23.1 Å². The molecule has 0 bridgehead atoms. The normalized spacial score (nSPS) is 18.1. The molecule has 0 heterocycles. The maximum atomic E-state index is 14.7. The minimum Gasteiger partial charge on any atom is -0.206 e. The molecule has 2 heteroatoms. The van der Waals surface area contributed by atoms with Gasteiger partial charge in [0, 0.05) is 5.56 Å². The largest absolute Gasteiger partial charge is 0.206 e. The van der Waals surface area contributed by atoms with Gasteiger partial charge in [-0.25, -0.2) is 4.39 Å². The molecule has 0 N–H and O–H groups in total. The van der Waals surface area contributed by atoms with Gasteiger partial charge in [-0.2, -0.15) is 5.26 Å². The van der Waals surface area contributed by atoms with Crippen molar-refractivity contribution in [2.45, 2.75) is 70.6 Å². The summed E-state index contributed by atoms with van der Waals surface area (Å²) in [6.45, 7) is 2.29. The Morgan fingerprint density at radius 3 is 2.15 bits per heavy atom. The Kier molecular flexibility index (Phi) is 7.95. The highest BCUT2D eigenvalue weighted by molar-refractivity contribution is 5.65. The van der Waals surface area contributed by atoms with Crippen molar-refractivity contribution in [3.05, 3.63) is 94.8 Å². The van der Waals surface area contributed by atoms with E-state index in [2.05, 4.69) is 37.3 Å². The van der Waals surface area contributed by atoms with Gasteiger partial charge in [-0.1, -0.05) is 74.7 Å². The van der Waals surface area contributed by atoms with Crippen LogP contribution < -0.4 is 0 Å². The second kappa shape index (κ2) is 11.3. The minimum atomic E-state index is -0.206. The van der Waals surface area contributed by atoms with Crippen molar-refractivity contribution in [2.24, 2.45) is 5.92 Å². The van der Waals surface area contributed by atoms with E-state index < -0.39 is 0 Å². The standard InChI is InChI=1S/C31H34FN/c1-2-3-4-23-7-14-27(15-8-23)28-16-9-24(10-17-28)5-6-25-13-20-30(31(32)21-25)29-18-11-26(22-33)12-19-29/h9-13,16-21,23,27H,2-8,14-15H2,1H3. The summed E-state index contributed by atoms with van der Waals surface area (Å²) in [6, 6.07) is 23.8. The van der Waals surface area contributed by atoms with Crippen LogP contribution >= 0.6 is 0 Å². The maximum absolute atomic E-state index is 14.7. The van der Waals surface area contributed by atoms with E-state index in [9.17, 15) is 4.39 Å². The lowest BCUT2D eigenvalue weighted by Crippen LogP contribution is -2.13. The van der Waals surface area contributed by atoms with Crippen molar-refractivity contribution < 1.29 is 4.39 Å². The Bertz CT molecular complexity index is 1070. The molecule has 0 saturated heterocycles. The zero-order valence-corrected chi connectivity index (χ0v) is 19.7. The third-order valence-electron chi connectivity index (χ3n) is 7.32. The van der Waals surface area contributed by atoms with Gasteiger partial charge in [-0.3, -0.25) is 0 Å². The number of nitrogens with zero attached hydrogens (tertiary/aromatic N) is 1. The van der Waals surface area contributed by atoms with E-state index >= 15 is 0 Å². The molecule has 0 atom stereocenters. The van der Waals surface area contributed by atoms with Gasteiger partial charge in [-0.05, 0) is 90.8 Å². The van der Waals surface area contributed by atoms with Crippen molar-refractivity contribution in [1.29, 1.82) is 5.26 Å². The zero-order valence-electron chi connectivity index (χ0n) is 19.7. The van der Waals surface area contributed by atoms with Gasteiger partial charge < -0.3 is 0 Å². The first-order chi connectivity index (χ1) is 16.2. The Labute approximate surface area is 198 Å². The number of halogens is 1. The fourth-order valence-corrected chi connectivity index (χ4v) is 5.19. The summed E-state index contributed by atoms with van der Waals surface area (Å²) in [5.41, 5.74) is 5.78. The summed E-state index contributed by atoms with van der Waals surface area (Å²) >= 11 is 0. The van der Waals surface area contributed by atoms with Crippen molar-refractivity contribution in [1.82, 2.24) is 0 Å². The molecule has 0 aliphatic heterocycles. The molecule has 0 unspecified atom stereocenters. The Hall–Kier alpha value is -2.92. The van der Waals surface area contributed by atoms with Crippen molar-refractivity contribution in [2.75, 3.05) is 0 Å². The molecule has 0 aromatic heterocycles. The number of rotatable bonds is 8. The first-order valence-electron chi connectivity index (χ1n) is 12.5. The first kappa shape index (κ1) is 23.2. The smallest absolute Gasteiger partial charge is 0.131 e. The lowest BCUT2D eigenvalue weighted by atomic mass is 9.77. The number of hydrogen-bond acceptors (Lipinski definition) is 1. The van der Waals surface area contributed by atoms with Crippen LogP contribution in [0.25, 0.3) is 11.1 Å². The van der Waals surface area contributed by atoms with Crippen molar-refractivity contribution in [3.8, 4) is 17.2 Å². The van der Waals surface area contributed by atoms with Gasteiger partial charge in [0.15, 0.2) is 0 Å². The summed E-state index contributed by atoms with van der Waals surface area (Å²) < 4.78 is 14.7. The van der Waals surface area contributed by atoms with Crippen molar-refractivity contribution >= 4 is 0 Å². The average molecular weight is 440 g/mol. The molecular formula is C31H34FN. The number of benzene rings is 3. The molecule has 1 saturated carbocycles. The topological polar surface area (TPSA) is 23.8 Å². The predicted octanol–water partition coefficient (Wildman–Crippen LogP) is 8.61. The van der Waals surface area contributed by atoms with Crippen LogP contribution in [0.3, 0.4) is 0 Å². The molecule has 1 aliphatic carbocycles. The molecule has 33 heavy (non-hydrogen) atoms. The van der Waals surface area contributed by atoms with E-state index in [1.165, 1.54) is 56.1 Å². The Balaban J connectivity index is 1.31. The van der Waals surface area contributed by atoms with Gasteiger partial charge in [0.25, 0.3) is 0 Å². The Morgan fingerprint density at radius 1 is 0.848 bits per heavy atom. The van der Waals surface area contributed by atoms with Crippen LogP contribution in [-0.4, -0.2) is 0 Å². The Morgan fingerprint density at radius 2 is 1.52 bits per heavy atom. The van der Waals surface area contributed by atoms with Crippen LogP contribution in [0.4, 0.5) is 4.39 Å².